The molecule has 1 fully saturated rings. The van der Waals surface area contributed by atoms with Gasteiger partial charge in [-0.05, 0) is 36.3 Å². The molecule has 0 bridgehead atoms. The number of primary amides is 1. The maximum atomic E-state index is 13.3. The minimum Gasteiger partial charge on any atom is -0.511 e. The van der Waals surface area contributed by atoms with E-state index in [-0.39, 0.29) is 71.7 Å². The van der Waals surface area contributed by atoms with Gasteiger partial charge >= 0.3 is 0 Å². The number of phenols is 1. The summed E-state index contributed by atoms with van der Waals surface area (Å²) in [6.07, 6.45) is 0.293. The van der Waals surface area contributed by atoms with Gasteiger partial charge in [0.1, 0.15) is 28.6 Å². The second-order valence-corrected chi connectivity index (χ2v) is 9.29. The number of rotatable bonds is 4. The van der Waals surface area contributed by atoms with Crippen molar-refractivity contribution in [1.82, 2.24) is 0 Å². The van der Waals surface area contributed by atoms with Crippen molar-refractivity contribution >= 4 is 56.5 Å². The summed E-state index contributed by atoms with van der Waals surface area (Å²) < 4.78 is 0. The van der Waals surface area contributed by atoms with Crippen molar-refractivity contribution in [3.05, 3.63) is 44.7 Å². The first-order chi connectivity index (χ1) is 15.1. The minimum atomic E-state index is -1.17. The third kappa shape index (κ3) is 4.13. The number of benzene rings is 1. The number of amides is 1. The van der Waals surface area contributed by atoms with Gasteiger partial charge in [0, 0.05) is 31.9 Å². The molecule has 34 heavy (non-hydrogen) atoms. The predicted octanol–water partition coefficient (Wildman–Crippen LogP) is 1.31. The molecule has 3 unspecified atom stereocenters. The average molecular weight is 565 g/mol. The lowest BCUT2D eigenvalue weighted by Crippen LogP contribution is -2.44. The molecule has 1 aromatic rings. The number of aromatic hydroxyl groups is 1. The maximum absolute atomic E-state index is 13.3. The summed E-state index contributed by atoms with van der Waals surface area (Å²) >= 11 is 9.35. The molecule has 0 heterocycles. The lowest BCUT2D eigenvalue weighted by Gasteiger charge is -2.41. The fourth-order valence-corrected chi connectivity index (χ4v) is 5.60. The van der Waals surface area contributed by atoms with Gasteiger partial charge in [-0.3, -0.25) is 19.2 Å². The topological polar surface area (TPSA) is 218 Å². The number of carbonyl (C=O) groups is 4. The van der Waals surface area contributed by atoms with Crippen molar-refractivity contribution in [2.45, 2.75) is 25.7 Å². The molecule has 3 aliphatic carbocycles. The number of aliphatic hydroxyl groups excluding tert-OH is 2. The highest BCUT2D eigenvalue weighted by atomic mass is 79.9. The van der Waals surface area contributed by atoms with E-state index in [4.69, 9.17) is 17.3 Å². The van der Waals surface area contributed by atoms with Crippen LogP contribution in [0.5, 0.6) is 5.75 Å². The molecule has 0 aromatic heterocycles. The molecule has 1 amide bonds. The number of phenolic OH excluding ortho intramolecular Hbond substituents is 1. The van der Waals surface area contributed by atoms with Gasteiger partial charge in [-0.1, -0.05) is 27.5 Å². The van der Waals surface area contributed by atoms with Crippen molar-refractivity contribution in [2.75, 3.05) is 5.33 Å². The van der Waals surface area contributed by atoms with Crippen molar-refractivity contribution in [3.8, 4) is 5.75 Å². The largest absolute Gasteiger partial charge is 0.511 e. The second kappa shape index (κ2) is 9.87. The average Bonchev–Trinajstić information content (AvgIpc) is 2.69. The summed E-state index contributed by atoms with van der Waals surface area (Å²) in [5, 5.41) is 32.6. The number of hydrogen-bond acceptors (Lipinski definition) is 7. The molecule has 0 aliphatic heterocycles. The standard InChI is InChI=1S/C22H19BrClNO7.2H2O.2H2/c23-6-10(26)5-11-12(24)3-8-1-7-2-9-4-13(27)17(22(25)32)21(31)16(9)20(30)15(7)19(29)14(8)18(11)28;;;;/h3,7,9,16,28-29,31H,1-2,4-6H2,(H2,25,32);2*1H2;2*1H. The summed E-state index contributed by atoms with van der Waals surface area (Å²) in [7, 11) is 0. The number of halogens is 2. The monoisotopic (exact) mass is 563 g/mol. The van der Waals surface area contributed by atoms with Gasteiger partial charge in [0.25, 0.3) is 5.91 Å². The van der Waals surface area contributed by atoms with Crippen LogP contribution < -0.4 is 5.73 Å². The van der Waals surface area contributed by atoms with Crippen LogP contribution in [0, 0.1) is 17.8 Å². The Hall–Kier alpha value is -2.73. The molecule has 3 atom stereocenters. The van der Waals surface area contributed by atoms with Crippen LogP contribution in [-0.4, -0.2) is 54.9 Å². The quantitative estimate of drug-likeness (QED) is 0.310. The maximum Gasteiger partial charge on any atom is 0.255 e. The fraction of sp³-hybridized carbons (Fsp3) is 0.364. The number of fused-ring (bicyclic) bond motifs is 3. The molecular formula is C22H27BrClNO9. The molecule has 12 heteroatoms. The zero-order chi connectivity index (χ0) is 23.5. The second-order valence-electron chi connectivity index (χ2n) is 8.32. The van der Waals surface area contributed by atoms with Gasteiger partial charge < -0.3 is 32.0 Å². The van der Waals surface area contributed by atoms with Crippen LogP contribution >= 0.6 is 27.5 Å². The van der Waals surface area contributed by atoms with E-state index < -0.39 is 52.3 Å². The predicted molar refractivity (Wildman–Crippen MR) is 129 cm³/mol. The van der Waals surface area contributed by atoms with Crippen molar-refractivity contribution < 1.29 is 48.3 Å². The molecule has 3 aliphatic rings. The van der Waals surface area contributed by atoms with Gasteiger partial charge in [-0.15, -0.1) is 0 Å². The number of aliphatic hydroxyl groups is 2. The first kappa shape index (κ1) is 27.5. The minimum absolute atomic E-state index is 0. The van der Waals surface area contributed by atoms with Gasteiger partial charge in [0.2, 0.25) is 0 Å². The molecule has 4 rings (SSSR count). The number of ketones is 3. The lowest BCUT2D eigenvalue weighted by atomic mass is 9.61. The van der Waals surface area contributed by atoms with E-state index in [1.807, 2.05) is 0 Å². The van der Waals surface area contributed by atoms with E-state index >= 15 is 0 Å². The van der Waals surface area contributed by atoms with Crippen molar-refractivity contribution in [2.24, 2.45) is 23.5 Å². The Balaban J connectivity index is 0.00000306. The van der Waals surface area contributed by atoms with Gasteiger partial charge in [-0.2, -0.15) is 0 Å². The number of carbonyl (C=O) groups excluding carboxylic acids is 4. The number of allylic oxidation sites excluding steroid dienone is 2. The Bertz CT molecular complexity index is 1180. The van der Waals surface area contributed by atoms with Crippen LogP contribution in [0.15, 0.2) is 23.0 Å². The van der Waals surface area contributed by atoms with Crippen molar-refractivity contribution in [3.63, 3.8) is 0 Å². The van der Waals surface area contributed by atoms with Crippen LogP contribution in [0.3, 0.4) is 0 Å². The van der Waals surface area contributed by atoms with E-state index in [0.29, 0.717) is 12.0 Å². The van der Waals surface area contributed by atoms with Gasteiger partial charge in [-0.25, -0.2) is 0 Å². The van der Waals surface area contributed by atoms with E-state index in [9.17, 15) is 34.5 Å². The van der Waals surface area contributed by atoms with E-state index in [2.05, 4.69) is 15.9 Å². The van der Waals surface area contributed by atoms with Crippen molar-refractivity contribution in [1.29, 1.82) is 0 Å². The fourth-order valence-electron chi connectivity index (χ4n) is 5.11. The third-order valence-electron chi connectivity index (χ3n) is 6.45. The zero-order valence-electron chi connectivity index (χ0n) is 17.7. The molecular weight excluding hydrogens is 538 g/mol. The molecule has 1 saturated carbocycles. The molecule has 1 aromatic carbocycles. The van der Waals surface area contributed by atoms with E-state index in [1.165, 1.54) is 0 Å². The SMILES string of the molecule is NC(=O)C1=C(O)C2C(=O)C3=C(O)c4c(cc(Cl)c(CC(=O)CBr)c4O)CC3CC2CC1=O.O.O.[HH].[HH]. The third-order valence-corrected chi connectivity index (χ3v) is 7.42. The molecule has 10 nitrogen and oxygen atoms in total. The number of alkyl halides is 1. The molecule has 0 radical (unpaired) electrons. The van der Waals surface area contributed by atoms with Crippen LogP contribution in [0.4, 0.5) is 0 Å². The Morgan fingerprint density at radius 3 is 2.41 bits per heavy atom. The smallest absolute Gasteiger partial charge is 0.255 e. The lowest BCUT2D eigenvalue weighted by molar-refractivity contribution is -0.127. The molecule has 0 spiro atoms. The normalized spacial score (nSPS) is 23.3. The zero-order valence-corrected chi connectivity index (χ0v) is 20.0. The highest BCUT2D eigenvalue weighted by Gasteiger charge is 2.50. The Kier molecular flexibility index (Phi) is 7.98. The highest BCUT2D eigenvalue weighted by molar-refractivity contribution is 9.09. The Morgan fingerprint density at radius 1 is 1.18 bits per heavy atom. The Labute approximate surface area is 209 Å². The molecule has 9 N–H and O–H groups in total. The highest BCUT2D eigenvalue weighted by Crippen LogP contribution is 2.51. The Morgan fingerprint density at radius 2 is 1.82 bits per heavy atom. The first-order valence-corrected chi connectivity index (χ1v) is 11.4. The summed E-state index contributed by atoms with van der Waals surface area (Å²) in [6.45, 7) is 0. The number of hydrogen-bond donors (Lipinski definition) is 4. The van der Waals surface area contributed by atoms with Crippen LogP contribution in [0.25, 0.3) is 5.76 Å². The summed E-state index contributed by atoms with van der Waals surface area (Å²) in [4.78, 5) is 49.1. The van der Waals surface area contributed by atoms with E-state index in [1.54, 1.807) is 6.07 Å². The molecule has 0 saturated heterocycles. The van der Waals surface area contributed by atoms with E-state index in [0.717, 1.165) is 0 Å². The number of nitrogens with two attached hydrogens (primary N) is 1. The molecule has 188 valence electrons. The summed E-state index contributed by atoms with van der Waals surface area (Å²) in [6, 6.07) is 1.56. The van der Waals surface area contributed by atoms with Crippen LogP contribution in [-0.2, 0) is 32.0 Å². The summed E-state index contributed by atoms with van der Waals surface area (Å²) in [5.41, 5.74) is 5.32. The van der Waals surface area contributed by atoms with Gasteiger partial charge in [0.05, 0.1) is 16.8 Å². The van der Waals surface area contributed by atoms with Gasteiger partial charge in [0.15, 0.2) is 11.6 Å². The first-order valence-electron chi connectivity index (χ1n) is 9.91. The number of Topliss-reactive ketones (excluding diaryl/α,β-unsaturated/α-hetero) is 3. The van der Waals surface area contributed by atoms with Crippen LogP contribution in [0.2, 0.25) is 5.02 Å². The summed E-state index contributed by atoms with van der Waals surface area (Å²) in [5.74, 6) is -6.25. The van der Waals surface area contributed by atoms with Crippen LogP contribution in [0.1, 0.15) is 32.4 Å².